The van der Waals surface area contributed by atoms with Gasteiger partial charge in [-0.2, -0.15) is 12.6 Å². The average molecular weight is 227 g/mol. The van der Waals surface area contributed by atoms with Crippen LogP contribution in [0.15, 0.2) is 24.3 Å². The minimum atomic E-state index is -0.435. The lowest BCUT2D eigenvalue weighted by Gasteiger charge is -2.14. The van der Waals surface area contributed by atoms with Crippen molar-refractivity contribution in [3.63, 3.8) is 0 Å². The number of rotatable bonds is 3. The number of nitrogens with one attached hydrogen (secondary N) is 1. The summed E-state index contributed by atoms with van der Waals surface area (Å²) < 4.78 is 13.2. The number of hydrogen-bond acceptors (Lipinski definition) is 2. The minimum absolute atomic E-state index is 0.111. The van der Waals surface area contributed by atoms with Gasteiger partial charge >= 0.3 is 0 Å². The lowest BCUT2D eigenvalue weighted by molar-refractivity contribution is -0.116. The highest BCUT2D eigenvalue weighted by atomic mass is 32.1. The van der Waals surface area contributed by atoms with E-state index in [4.69, 9.17) is 0 Å². The first-order chi connectivity index (χ1) is 7.02. The predicted molar refractivity (Wildman–Crippen MR) is 62.6 cm³/mol. The Labute approximate surface area is 94.3 Å². The Bertz CT molecular complexity index is 354. The van der Waals surface area contributed by atoms with E-state index in [-0.39, 0.29) is 17.5 Å². The summed E-state index contributed by atoms with van der Waals surface area (Å²) in [5.74, 6) is -0.603. The molecule has 15 heavy (non-hydrogen) atoms. The molecule has 0 heterocycles. The molecule has 0 fully saturated rings. The largest absolute Gasteiger partial charge is 0.323 e. The molecule has 1 aromatic rings. The molecule has 1 atom stereocenters. The first kappa shape index (κ1) is 12.0. The zero-order valence-electron chi connectivity index (χ0n) is 8.70. The van der Waals surface area contributed by atoms with Crippen molar-refractivity contribution in [1.82, 2.24) is 0 Å². The molecule has 0 aliphatic heterocycles. The van der Waals surface area contributed by atoms with Crippen molar-refractivity contribution < 1.29 is 9.18 Å². The Morgan fingerprint density at radius 1 is 1.40 bits per heavy atom. The van der Waals surface area contributed by atoms with E-state index < -0.39 is 11.1 Å². The molecule has 0 radical (unpaired) electrons. The van der Waals surface area contributed by atoms with Crippen molar-refractivity contribution in [3.8, 4) is 0 Å². The van der Waals surface area contributed by atoms with Crippen LogP contribution in [0.5, 0.6) is 0 Å². The number of thiol groups is 1. The summed E-state index contributed by atoms with van der Waals surface area (Å²) >= 11 is 4.15. The molecular formula is C11H14FNOS. The fourth-order valence-electron chi connectivity index (χ4n) is 1.07. The topological polar surface area (TPSA) is 29.1 Å². The highest BCUT2D eigenvalue weighted by Gasteiger charge is 2.18. The molecule has 2 nitrogen and oxygen atoms in total. The Morgan fingerprint density at radius 2 is 2.00 bits per heavy atom. The van der Waals surface area contributed by atoms with Gasteiger partial charge in [-0.15, -0.1) is 0 Å². The third-order valence-electron chi connectivity index (χ3n) is 2.03. The van der Waals surface area contributed by atoms with Gasteiger partial charge in [0.2, 0.25) is 5.91 Å². The average Bonchev–Trinajstić information content (AvgIpc) is 2.20. The van der Waals surface area contributed by atoms with Crippen LogP contribution in [0.2, 0.25) is 0 Å². The van der Waals surface area contributed by atoms with Crippen molar-refractivity contribution in [2.24, 2.45) is 5.92 Å². The first-order valence-electron chi connectivity index (χ1n) is 4.76. The van der Waals surface area contributed by atoms with E-state index in [1.54, 1.807) is 12.1 Å². The molecular weight excluding hydrogens is 213 g/mol. The summed E-state index contributed by atoms with van der Waals surface area (Å²) in [5, 5.41) is 2.07. The van der Waals surface area contributed by atoms with Crippen LogP contribution < -0.4 is 5.32 Å². The number of anilines is 1. The van der Waals surface area contributed by atoms with Crippen molar-refractivity contribution in [1.29, 1.82) is 0 Å². The Morgan fingerprint density at radius 3 is 2.53 bits per heavy atom. The molecule has 0 saturated heterocycles. The van der Waals surface area contributed by atoms with Gasteiger partial charge in [-0.25, -0.2) is 4.39 Å². The van der Waals surface area contributed by atoms with E-state index in [0.717, 1.165) is 0 Å². The van der Waals surface area contributed by atoms with Crippen molar-refractivity contribution in [2.45, 2.75) is 19.1 Å². The summed E-state index contributed by atoms with van der Waals surface area (Å²) in [6.07, 6.45) is 0. The second-order valence-electron chi connectivity index (χ2n) is 3.66. The number of carbonyl (C=O) groups is 1. The quantitative estimate of drug-likeness (QED) is 0.764. The minimum Gasteiger partial charge on any atom is -0.323 e. The Hall–Kier alpha value is -1.03. The summed E-state index contributed by atoms with van der Waals surface area (Å²) in [6, 6.07) is 6.07. The second-order valence-corrected chi connectivity index (χ2v) is 4.21. The molecule has 0 aliphatic rings. The summed E-state index contributed by atoms with van der Waals surface area (Å²) in [5.41, 5.74) is 0.196. The molecule has 1 unspecified atom stereocenters. The fraction of sp³-hybridized carbons (Fsp3) is 0.364. The number of halogens is 1. The maximum absolute atomic E-state index is 13.2. The van der Waals surface area contributed by atoms with Crippen LogP contribution in [0, 0.1) is 11.7 Å². The van der Waals surface area contributed by atoms with Gasteiger partial charge in [0.1, 0.15) is 5.82 Å². The second kappa shape index (κ2) is 5.16. The lowest BCUT2D eigenvalue weighted by atomic mass is 10.1. The van der Waals surface area contributed by atoms with Crippen molar-refractivity contribution >= 4 is 24.2 Å². The molecule has 1 N–H and O–H groups in total. The predicted octanol–water partition coefficient (Wildman–Crippen LogP) is 2.72. The molecule has 82 valence electrons. The molecule has 1 amide bonds. The number of benzene rings is 1. The van der Waals surface area contributed by atoms with E-state index >= 15 is 0 Å². The SMILES string of the molecule is CC(C)C(S)C(=O)Nc1ccccc1F. The van der Waals surface area contributed by atoms with E-state index in [1.165, 1.54) is 12.1 Å². The number of amides is 1. The van der Waals surface area contributed by atoms with Gasteiger partial charge in [0.15, 0.2) is 0 Å². The highest BCUT2D eigenvalue weighted by molar-refractivity contribution is 7.81. The van der Waals surface area contributed by atoms with Gasteiger partial charge in [0, 0.05) is 0 Å². The summed E-state index contributed by atoms with van der Waals surface area (Å²) in [7, 11) is 0. The molecule has 0 aromatic heterocycles. The smallest absolute Gasteiger partial charge is 0.237 e. The number of carbonyl (C=O) groups excluding carboxylic acids is 1. The van der Waals surface area contributed by atoms with Crippen LogP contribution in [-0.2, 0) is 4.79 Å². The molecule has 1 rings (SSSR count). The van der Waals surface area contributed by atoms with Crippen molar-refractivity contribution in [3.05, 3.63) is 30.1 Å². The van der Waals surface area contributed by atoms with Gasteiger partial charge in [0.05, 0.1) is 10.9 Å². The third kappa shape index (κ3) is 3.23. The normalized spacial score (nSPS) is 12.6. The van der Waals surface area contributed by atoms with Crippen LogP contribution in [-0.4, -0.2) is 11.2 Å². The van der Waals surface area contributed by atoms with Crippen LogP contribution in [0.3, 0.4) is 0 Å². The standard InChI is InChI=1S/C11H14FNOS/c1-7(2)10(15)11(14)13-9-6-4-3-5-8(9)12/h3-7,10,15H,1-2H3,(H,13,14). The Balaban J connectivity index is 2.71. The maximum atomic E-state index is 13.2. The highest BCUT2D eigenvalue weighted by Crippen LogP contribution is 2.16. The van der Waals surface area contributed by atoms with Gasteiger partial charge in [-0.05, 0) is 18.1 Å². The van der Waals surface area contributed by atoms with Crippen molar-refractivity contribution in [2.75, 3.05) is 5.32 Å². The molecule has 0 bridgehead atoms. The number of hydrogen-bond donors (Lipinski definition) is 2. The summed E-state index contributed by atoms with van der Waals surface area (Å²) in [4.78, 5) is 11.6. The Kier molecular flexibility index (Phi) is 4.15. The van der Waals surface area contributed by atoms with Gasteiger partial charge in [0.25, 0.3) is 0 Å². The van der Waals surface area contributed by atoms with Crippen LogP contribution in [0.4, 0.5) is 10.1 Å². The zero-order valence-corrected chi connectivity index (χ0v) is 9.59. The fourth-order valence-corrected chi connectivity index (χ4v) is 1.14. The maximum Gasteiger partial charge on any atom is 0.237 e. The van der Waals surface area contributed by atoms with Gasteiger partial charge < -0.3 is 5.32 Å². The van der Waals surface area contributed by atoms with Gasteiger partial charge in [-0.1, -0.05) is 26.0 Å². The summed E-state index contributed by atoms with van der Waals surface area (Å²) in [6.45, 7) is 3.77. The third-order valence-corrected chi connectivity index (χ3v) is 2.86. The van der Waals surface area contributed by atoms with Crippen LogP contribution in [0.25, 0.3) is 0 Å². The lowest BCUT2D eigenvalue weighted by Crippen LogP contribution is -2.27. The molecule has 1 aromatic carbocycles. The zero-order chi connectivity index (χ0) is 11.4. The molecule has 0 aliphatic carbocycles. The van der Waals surface area contributed by atoms with E-state index in [0.29, 0.717) is 0 Å². The van der Waals surface area contributed by atoms with Crippen LogP contribution >= 0.6 is 12.6 Å². The molecule has 0 saturated carbocycles. The first-order valence-corrected chi connectivity index (χ1v) is 5.27. The molecule has 4 heteroatoms. The van der Waals surface area contributed by atoms with E-state index in [2.05, 4.69) is 17.9 Å². The van der Waals surface area contributed by atoms with Crippen LogP contribution in [0.1, 0.15) is 13.8 Å². The van der Waals surface area contributed by atoms with E-state index in [1.807, 2.05) is 13.8 Å². The number of para-hydroxylation sites is 1. The monoisotopic (exact) mass is 227 g/mol. The van der Waals surface area contributed by atoms with Gasteiger partial charge in [-0.3, -0.25) is 4.79 Å². The molecule has 0 spiro atoms. The van der Waals surface area contributed by atoms with E-state index in [9.17, 15) is 9.18 Å².